The van der Waals surface area contributed by atoms with Gasteiger partial charge in [-0.05, 0) is 37.1 Å². The molecule has 1 aromatic heterocycles. The van der Waals surface area contributed by atoms with E-state index in [2.05, 4.69) is 24.5 Å². The third kappa shape index (κ3) is 8.70. The number of rotatable bonds is 17. The van der Waals surface area contributed by atoms with Crippen molar-refractivity contribution in [3.63, 3.8) is 0 Å². The fourth-order valence-electron chi connectivity index (χ4n) is 5.80. The number of nitrogens with zero attached hydrogens (tertiary/aromatic N) is 1. The van der Waals surface area contributed by atoms with Gasteiger partial charge in [0.1, 0.15) is 12.4 Å². The Kier molecular flexibility index (Phi) is 13.9. The minimum Gasteiger partial charge on any atom is -1.00 e. The second-order valence-corrected chi connectivity index (χ2v) is 11.0. The number of furan rings is 1. The van der Waals surface area contributed by atoms with Crippen LogP contribution in [0.4, 0.5) is 4.39 Å². The highest BCUT2D eigenvalue weighted by atomic mass is 79.9. The van der Waals surface area contributed by atoms with Gasteiger partial charge in [0, 0.05) is 35.1 Å². The fourth-order valence-corrected chi connectivity index (χ4v) is 5.80. The molecule has 2 heterocycles. The Morgan fingerprint density at radius 2 is 1.61 bits per heavy atom. The largest absolute Gasteiger partial charge is 1.00 e. The molecule has 0 amide bonds. The minimum atomic E-state index is -0.143. The lowest BCUT2D eigenvalue weighted by Gasteiger charge is -2.25. The van der Waals surface area contributed by atoms with E-state index in [0.717, 1.165) is 60.4 Å². The summed E-state index contributed by atoms with van der Waals surface area (Å²) >= 11 is 0. The fraction of sp³-hybridized carbons (Fsp3) is 0.514. The SMILES string of the molecule is CCCCCCCCOc1c2c(cc(-c3ccoc3)c1OC)C(CCCCCC)=[N+](Cc1ccccc1F)CC2.[Br-]. The van der Waals surface area contributed by atoms with Crippen LogP contribution in [0.3, 0.4) is 0 Å². The van der Waals surface area contributed by atoms with Crippen LogP contribution in [-0.4, -0.2) is 30.5 Å². The monoisotopic (exact) mass is 627 g/mol. The van der Waals surface area contributed by atoms with Crippen LogP contribution >= 0.6 is 0 Å². The van der Waals surface area contributed by atoms with E-state index in [4.69, 9.17) is 13.9 Å². The van der Waals surface area contributed by atoms with Gasteiger partial charge in [-0.25, -0.2) is 8.97 Å². The van der Waals surface area contributed by atoms with Gasteiger partial charge in [0.25, 0.3) is 0 Å². The Hall–Kier alpha value is -2.60. The molecule has 0 bridgehead atoms. The van der Waals surface area contributed by atoms with Crippen molar-refractivity contribution in [2.24, 2.45) is 0 Å². The molecule has 0 fully saturated rings. The molecule has 0 saturated heterocycles. The Labute approximate surface area is 256 Å². The molecule has 6 heteroatoms. The molecule has 3 aromatic rings. The Morgan fingerprint density at radius 1 is 0.878 bits per heavy atom. The van der Waals surface area contributed by atoms with Gasteiger partial charge in [0.15, 0.2) is 23.8 Å². The third-order valence-electron chi connectivity index (χ3n) is 8.03. The summed E-state index contributed by atoms with van der Waals surface area (Å²) in [5.74, 6) is 1.50. The molecule has 1 aliphatic heterocycles. The number of fused-ring (bicyclic) bond motifs is 1. The zero-order chi connectivity index (χ0) is 28.2. The van der Waals surface area contributed by atoms with Crippen LogP contribution in [0.1, 0.15) is 101 Å². The highest BCUT2D eigenvalue weighted by Gasteiger charge is 2.32. The molecule has 224 valence electrons. The van der Waals surface area contributed by atoms with Crippen LogP contribution in [0.5, 0.6) is 11.5 Å². The molecule has 0 spiro atoms. The average molecular weight is 629 g/mol. The number of halogens is 2. The third-order valence-corrected chi connectivity index (χ3v) is 8.03. The van der Waals surface area contributed by atoms with Crippen molar-refractivity contribution in [1.29, 1.82) is 0 Å². The highest BCUT2D eigenvalue weighted by molar-refractivity contribution is 6.01. The summed E-state index contributed by atoms with van der Waals surface area (Å²) in [5.41, 5.74) is 6.38. The maximum atomic E-state index is 14.7. The van der Waals surface area contributed by atoms with E-state index in [1.54, 1.807) is 31.8 Å². The van der Waals surface area contributed by atoms with Gasteiger partial charge in [0.2, 0.25) is 0 Å². The zero-order valence-corrected chi connectivity index (χ0v) is 26.7. The molecule has 0 N–H and O–H groups in total. The Morgan fingerprint density at radius 3 is 2.32 bits per heavy atom. The van der Waals surface area contributed by atoms with E-state index >= 15 is 0 Å². The lowest BCUT2D eigenvalue weighted by atomic mass is 9.88. The molecular formula is C35H47BrFNO3. The smallest absolute Gasteiger partial charge is 0.184 e. The molecule has 0 aliphatic carbocycles. The lowest BCUT2D eigenvalue weighted by Crippen LogP contribution is -3.00. The van der Waals surface area contributed by atoms with Crippen LogP contribution in [0, 0.1) is 5.82 Å². The van der Waals surface area contributed by atoms with Gasteiger partial charge >= 0.3 is 0 Å². The number of ether oxygens (including phenoxy) is 2. The quantitative estimate of drug-likeness (QED) is 0.129. The normalized spacial score (nSPS) is 12.7. The second kappa shape index (κ2) is 17.4. The van der Waals surface area contributed by atoms with Gasteiger partial charge in [0.05, 0.1) is 31.8 Å². The van der Waals surface area contributed by atoms with Crippen LogP contribution in [0.15, 0.2) is 53.3 Å². The molecule has 0 unspecified atom stereocenters. The molecule has 2 aromatic carbocycles. The molecule has 0 saturated carbocycles. The Balaban J connectivity index is 0.00000462. The zero-order valence-electron chi connectivity index (χ0n) is 25.2. The molecular weight excluding hydrogens is 581 g/mol. The predicted octanol–water partition coefficient (Wildman–Crippen LogP) is 6.37. The minimum absolute atomic E-state index is 0. The van der Waals surface area contributed by atoms with Crippen LogP contribution in [-0.2, 0) is 13.0 Å². The van der Waals surface area contributed by atoms with Crippen molar-refractivity contribution in [3.8, 4) is 22.6 Å². The average Bonchev–Trinajstić information content (AvgIpc) is 3.51. The Bertz CT molecular complexity index is 1240. The summed E-state index contributed by atoms with van der Waals surface area (Å²) < 4.78 is 35.2. The van der Waals surface area contributed by atoms with Crippen molar-refractivity contribution in [1.82, 2.24) is 0 Å². The number of hydrogen-bond donors (Lipinski definition) is 0. The first kappa shape index (κ1) is 32.9. The number of benzene rings is 2. The van der Waals surface area contributed by atoms with Gasteiger partial charge in [-0.3, -0.25) is 0 Å². The molecule has 0 radical (unpaired) electrons. The van der Waals surface area contributed by atoms with Crippen molar-refractivity contribution in [2.75, 3.05) is 20.3 Å². The summed E-state index contributed by atoms with van der Waals surface area (Å²) in [5, 5.41) is 0. The first-order valence-corrected chi connectivity index (χ1v) is 15.4. The number of methoxy groups -OCH3 is 1. The molecule has 41 heavy (non-hydrogen) atoms. The standard InChI is InChI=1S/C35H47FNO3.BrH/c1-4-6-8-10-11-15-22-40-35-29-19-21-37(25-27-16-13-14-17-32(27)36)33(18-12-9-7-5-2)31(29)24-30(34(35)38-3)28-20-23-39-26-28;/h13-14,16-17,20,23-24,26H,4-12,15,18-19,21-22,25H2,1-3H3;1H/q+1;/p-1. The maximum absolute atomic E-state index is 14.7. The van der Waals surface area contributed by atoms with E-state index in [-0.39, 0.29) is 22.8 Å². The first-order valence-electron chi connectivity index (χ1n) is 15.4. The summed E-state index contributed by atoms with van der Waals surface area (Å²) in [6.45, 7) is 6.55. The van der Waals surface area contributed by atoms with Gasteiger partial charge < -0.3 is 30.9 Å². The van der Waals surface area contributed by atoms with Gasteiger partial charge in [-0.2, -0.15) is 0 Å². The van der Waals surface area contributed by atoms with E-state index in [1.807, 2.05) is 18.2 Å². The molecule has 1 aliphatic rings. The molecule has 4 nitrogen and oxygen atoms in total. The summed E-state index contributed by atoms with van der Waals surface area (Å²) in [6.07, 6.45) is 17.3. The second-order valence-electron chi connectivity index (χ2n) is 11.0. The van der Waals surface area contributed by atoms with E-state index in [9.17, 15) is 4.39 Å². The van der Waals surface area contributed by atoms with Gasteiger partial charge in [-0.15, -0.1) is 0 Å². The predicted molar refractivity (Wildman–Crippen MR) is 161 cm³/mol. The molecule has 0 atom stereocenters. The topological polar surface area (TPSA) is 34.6 Å². The van der Waals surface area contributed by atoms with Crippen molar-refractivity contribution in [2.45, 2.75) is 97.4 Å². The number of hydrogen-bond acceptors (Lipinski definition) is 3. The number of unbranched alkanes of at least 4 members (excludes halogenated alkanes) is 8. The summed E-state index contributed by atoms with van der Waals surface area (Å²) in [4.78, 5) is 0. The van der Waals surface area contributed by atoms with Crippen molar-refractivity contribution in [3.05, 3.63) is 71.4 Å². The van der Waals surface area contributed by atoms with Crippen LogP contribution < -0.4 is 26.5 Å². The van der Waals surface area contributed by atoms with Gasteiger partial charge in [-0.1, -0.05) is 77.3 Å². The van der Waals surface area contributed by atoms with Crippen molar-refractivity contribution >= 4 is 5.71 Å². The molecule has 4 rings (SSSR count). The van der Waals surface area contributed by atoms with E-state index in [0.29, 0.717) is 13.2 Å². The van der Waals surface area contributed by atoms with E-state index in [1.165, 1.54) is 68.2 Å². The van der Waals surface area contributed by atoms with Crippen LogP contribution in [0.25, 0.3) is 11.1 Å². The summed E-state index contributed by atoms with van der Waals surface area (Å²) in [6, 6.07) is 11.4. The van der Waals surface area contributed by atoms with E-state index < -0.39 is 0 Å². The maximum Gasteiger partial charge on any atom is 0.184 e. The lowest BCUT2D eigenvalue weighted by molar-refractivity contribution is -0.546. The highest BCUT2D eigenvalue weighted by Crippen LogP contribution is 2.44. The van der Waals surface area contributed by atoms with Crippen molar-refractivity contribution < 1.29 is 39.8 Å². The first-order chi connectivity index (χ1) is 19.7. The van der Waals surface area contributed by atoms with Crippen LogP contribution in [0.2, 0.25) is 0 Å². The summed E-state index contributed by atoms with van der Waals surface area (Å²) in [7, 11) is 1.73.